The lowest BCUT2D eigenvalue weighted by molar-refractivity contribution is -0.121. The van der Waals surface area contributed by atoms with E-state index < -0.39 is 0 Å². The van der Waals surface area contributed by atoms with E-state index in [4.69, 9.17) is 14.2 Å². The Morgan fingerprint density at radius 1 is 1.16 bits per heavy atom. The molecule has 8 heteroatoms. The van der Waals surface area contributed by atoms with Gasteiger partial charge in [-0.05, 0) is 38.3 Å². The standard InChI is InChI=1S/C23H38N4O4/c1-17(2)16-29-12-5-10-24-23(25-11-9-22(28)26-18(3)4)27-19-7-8-20-21(15-19)31-14-6-13-30-20/h7-8,15,17-18H,5-6,9-14,16H2,1-4H3,(H,26,28)(H2,24,25,27). The van der Waals surface area contributed by atoms with Crippen molar-refractivity contribution in [1.82, 2.24) is 10.6 Å². The molecule has 1 amide bonds. The number of ether oxygens (including phenoxy) is 3. The van der Waals surface area contributed by atoms with Crippen molar-refractivity contribution < 1.29 is 19.0 Å². The molecule has 0 radical (unpaired) electrons. The first-order valence-corrected chi connectivity index (χ1v) is 11.3. The SMILES string of the molecule is CC(C)COCCCN=C(NCCC(=O)NC(C)C)Nc1ccc2c(c1)OCCCO2. The smallest absolute Gasteiger partial charge is 0.221 e. The largest absolute Gasteiger partial charge is 0.490 e. The van der Waals surface area contributed by atoms with Crippen LogP contribution < -0.4 is 25.4 Å². The van der Waals surface area contributed by atoms with Crippen LogP contribution >= 0.6 is 0 Å². The zero-order valence-electron chi connectivity index (χ0n) is 19.3. The molecule has 1 aromatic carbocycles. The average molecular weight is 435 g/mol. The number of hydrogen-bond donors (Lipinski definition) is 3. The monoisotopic (exact) mass is 434 g/mol. The molecule has 0 fully saturated rings. The first-order chi connectivity index (χ1) is 14.9. The third-order valence-electron chi connectivity index (χ3n) is 4.27. The molecular formula is C23H38N4O4. The Labute approximate surface area is 186 Å². The fraction of sp³-hybridized carbons (Fsp3) is 0.652. The van der Waals surface area contributed by atoms with Gasteiger partial charge in [-0.15, -0.1) is 0 Å². The lowest BCUT2D eigenvalue weighted by atomic mass is 10.2. The number of nitrogens with one attached hydrogen (secondary N) is 3. The predicted octanol–water partition coefficient (Wildman–Crippen LogP) is 3.18. The minimum atomic E-state index is 0.0134. The highest BCUT2D eigenvalue weighted by Crippen LogP contribution is 2.32. The van der Waals surface area contributed by atoms with Crippen LogP contribution in [-0.4, -0.2) is 57.4 Å². The molecule has 0 aromatic heterocycles. The Bertz CT molecular complexity index is 707. The summed E-state index contributed by atoms with van der Waals surface area (Å²) in [7, 11) is 0. The van der Waals surface area contributed by atoms with Gasteiger partial charge in [0.25, 0.3) is 0 Å². The van der Waals surface area contributed by atoms with Crippen LogP contribution in [0.2, 0.25) is 0 Å². The number of benzene rings is 1. The number of fused-ring (bicyclic) bond motifs is 1. The molecule has 1 aliphatic rings. The molecule has 0 bridgehead atoms. The van der Waals surface area contributed by atoms with Crippen molar-refractivity contribution >= 4 is 17.6 Å². The van der Waals surface area contributed by atoms with Crippen LogP contribution in [-0.2, 0) is 9.53 Å². The van der Waals surface area contributed by atoms with Crippen LogP contribution in [0.1, 0.15) is 47.0 Å². The molecule has 0 spiro atoms. The van der Waals surface area contributed by atoms with Gasteiger partial charge in [0, 0.05) is 56.9 Å². The quantitative estimate of drug-likeness (QED) is 0.281. The molecule has 174 valence electrons. The highest BCUT2D eigenvalue weighted by molar-refractivity contribution is 5.94. The highest BCUT2D eigenvalue weighted by Gasteiger charge is 2.12. The van der Waals surface area contributed by atoms with E-state index in [9.17, 15) is 4.79 Å². The van der Waals surface area contributed by atoms with E-state index >= 15 is 0 Å². The number of carbonyl (C=O) groups excluding carboxylic acids is 1. The fourth-order valence-electron chi connectivity index (χ4n) is 2.88. The van der Waals surface area contributed by atoms with Crippen molar-refractivity contribution in [1.29, 1.82) is 0 Å². The second kappa shape index (κ2) is 13.7. The number of amides is 1. The zero-order chi connectivity index (χ0) is 22.5. The van der Waals surface area contributed by atoms with Crippen molar-refractivity contribution in [2.75, 3.05) is 44.8 Å². The number of hydrogen-bond acceptors (Lipinski definition) is 5. The average Bonchev–Trinajstić information content (AvgIpc) is 2.94. The molecule has 1 heterocycles. The maximum atomic E-state index is 11.9. The van der Waals surface area contributed by atoms with E-state index in [-0.39, 0.29) is 11.9 Å². The van der Waals surface area contributed by atoms with Gasteiger partial charge >= 0.3 is 0 Å². The third-order valence-corrected chi connectivity index (χ3v) is 4.27. The normalized spacial score (nSPS) is 13.8. The summed E-state index contributed by atoms with van der Waals surface area (Å²) in [5.41, 5.74) is 0.846. The molecule has 0 atom stereocenters. The Morgan fingerprint density at radius 3 is 2.68 bits per heavy atom. The first kappa shape index (κ1) is 24.8. The van der Waals surface area contributed by atoms with Crippen molar-refractivity contribution in [3.8, 4) is 11.5 Å². The molecule has 0 unspecified atom stereocenters. The van der Waals surface area contributed by atoms with E-state index in [0.717, 1.165) is 36.6 Å². The van der Waals surface area contributed by atoms with Crippen molar-refractivity contribution in [3.05, 3.63) is 18.2 Å². The van der Waals surface area contributed by atoms with Crippen molar-refractivity contribution in [3.63, 3.8) is 0 Å². The van der Waals surface area contributed by atoms with E-state index in [0.29, 0.717) is 51.2 Å². The summed E-state index contributed by atoms with van der Waals surface area (Å²) < 4.78 is 17.1. The summed E-state index contributed by atoms with van der Waals surface area (Å²) in [6, 6.07) is 5.87. The molecule has 31 heavy (non-hydrogen) atoms. The molecule has 2 rings (SSSR count). The summed E-state index contributed by atoms with van der Waals surface area (Å²) in [5.74, 6) is 2.64. The van der Waals surface area contributed by atoms with E-state index in [1.54, 1.807) is 0 Å². The number of nitrogens with zero attached hydrogens (tertiary/aromatic N) is 1. The molecule has 3 N–H and O–H groups in total. The van der Waals surface area contributed by atoms with Crippen LogP contribution in [0.15, 0.2) is 23.2 Å². The van der Waals surface area contributed by atoms with Gasteiger partial charge < -0.3 is 30.2 Å². The van der Waals surface area contributed by atoms with Gasteiger partial charge in [0.05, 0.1) is 13.2 Å². The lowest BCUT2D eigenvalue weighted by Gasteiger charge is -2.15. The summed E-state index contributed by atoms with van der Waals surface area (Å²) in [6.07, 6.45) is 2.06. The Hall–Kier alpha value is -2.48. The molecule has 1 aromatic rings. The summed E-state index contributed by atoms with van der Waals surface area (Å²) in [6.45, 7) is 12.0. The number of guanidine groups is 1. The van der Waals surface area contributed by atoms with E-state index in [1.807, 2.05) is 32.0 Å². The van der Waals surface area contributed by atoms with Crippen LogP contribution in [0.3, 0.4) is 0 Å². The number of aliphatic imine (C=N–C) groups is 1. The van der Waals surface area contributed by atoms with Gasteiger partial charge in [-0.2, -0.15) is 0 Å². The molecule has 8 nitrogen and oxygen atoms in total. The molecule has 0 saturated heterocycles. The number of rotatable bonds is 11. The van der Waals surface area contributed by atoms with Gasteiger partial charge in [0.2, 0.25) is 5.91 Å². The van der Waals surface area contributed by atoms with E-state index in [2.05, 4.69) is 34.8 Å². The lowest BCUT2D eigenvalue weighted by Crippen LogP contribution is -2.36. The van der Waals surface area contributed by atoms with Crippen molar-refractivity contribution in [2.45, 2.75) is 53.0 Å². The molecule has 0 aliphatic carbocycles. The highest BCUT2D eigenvalue weighted by atomic mass is 16.5. The van der Waals surface area contributed by atoms with E-state index in [1.165, 1.54) is 0 Å². The first-order valence-electron chi connectivity index (χ1n) is 11.3. The number of anilines is 1. The van der Waals surface area contributed by atoms with Crippen LogP contribution in [0.25, 0.3) is 0 Å². The minimum absolute atomic E-state index is 0.0134. The van der Waals surface area contributed by atoms with Crippen molar-refractivity contribution in [2.24, 2.45) is 10.9 Å². The van der Waals surface area contributed by atoms with Gasteiger partial charge in [-0.1, -0.05) is 13.8 Å². The van der Waals surface area contributed by atoms with Gasteiger partial charge in [0.1, 0.15) is 0 Å². The summed E-state index contributed by atoms with van der Waals surface area (Å²) in [4.78, 5) is 16.5. The topological polar surface area (TPSA) is 93.2 Å². The van der Waals surface area contributed by atoms with Gasteiger partial charge in [-0.3, -0.25) is 9.79 Å². The molecular weight excluding hydrogens is 396 g/mol. The Balaban J connectivity index is 1.93. The van der Waals surface area contributed by atoms with Gasteiger partial charge in [-0.25, -0.2) is 0 Å². The Morgan fingerprint density at radius 2 is 1.94 bits per heavy atom. The fourth-order valence-corrected chi connectivity index (χ4v) is 2.88. The summed E-state index contributed by atoms with van der Waals surface area (Å²) >= 11 is 0. The second-order valence-electron chi connectivity index (χ2n) is 8.29. The second-order valence-corrected chi connectivity index (χ2v) is 8.29. The maximum absolute atomic E-state index is 11.9. The zero-order valence-corrected chi connectivity index (χ0v) is 19.3. The van der Waals surface area contributed by atoms with Crippen LogP contribution in [0.5, 0.6) is 11.5 Å². The minimum Gasteiger partial charge on any atom is -0.490 e. The summed E-state index contributed by atoms with van der Waals surface area (Å²) in [5, 5.41) is 9.44. The van der Waals surface area contributed by atoms with Crippen LogP contribution in [0.4, 0.5) is 5.69 Å². The number of carbonyl (C=O) groups is 1. The third kappa shape index (κ3) is 10.4. The Kier molecular flexibility index (Phi) is 11.0. The van der Waals surface area contributed by atoms with Gasteiger partial charge in [0.15, 0.2) is 17.5 Å². The predicted molar refractivity (Wildman–Crippen MR) is 124 cm³/mol. The van der Waals surface area contributed by atoms with Crippen LogP contribution in [0, 0.1) is 5.92 Å². The molecule has 1 aliphatic heterocycles. The maximum Gasteiger partial charge on any atom is 0.221 e. The molecule has 0 saturated carbocycles.